The van der Waals surface area contributed by atoms with Gasteiger partial charge in [0.2, 0.25) is 5.91 Å². The molecule has 1 amide bonds. The van der Waals surface area contributed by atoms with Crippen LogP contribution in [0.1, 0.15) is 41.1 Å². The van der Waals surface area contributed by atoms with Gasteiger partial charge in [-0.25, -0.2) is 0 Å². The average Bonchev–Trinajstić information content (AvgIpc) is 3.10. The molecular formula is C22H26N2O3. The van der Waals surface area contributed by atoms with Crippen LogP contribution in [0.2, 0.25) is 0 Å². The van der Waals surface area contributed by atoms with Gasteiger partial charge in [-0.3, -0.25) is 9.59 Å². The van der Waals surface area contributed by atoms with Gasteiger partial charge in [0, 0.05) is 43.5 Å². The molecule has 27 heavy (non-hydrogen) atoms. The molecule has 0 saturated carbocycles. The first kappa shape index (κ1) is 19.1. The minimum atomic E-state index is -0.0907. The van der Waals surface area contributed by atoms with Gasteiger partial charge in [0.1, 0.15) is 5.75 Å². The Bertz CT molecular complexity index is 791. The molecule has 142 valence electrons. The van der Waals surface area contributed by atoms with Gasteiger partial charge in [-0.1, -0.05) is 42.5 Å². The van der Waals surface area contributed by atoms with E-state index < -0.39 is 0 Å². The number of ketones is 1. The number of nitrogens with zero attached hydrogens (tertiary/aromatic N) is 1. The van der Waals surface area contributed by atoms with Gasteiger partial charge in [-0.05, 0) is 24.1 Å². The van der Waals surface area contributed by atoms with E-state index >= 15 is 0 Å². The number of amides is 1. The molecule has 2 aromatic carbocycles. The summed E-state index contributed by atoms with van der Waals surface area (Å²) >= 11 is 0. The summed E-state index contributed by atoms with van der Waals surface area (Å²) in [6.45, 7) is 1.16. The van der Waals surface area contributed by atoms with Crippen LogP contribution in [0, 0.1) is 0 Å². The first-order valence-electron chi connectivity index (χ1n) is 9.34. The van der Waals surface area contributed by atoms with Crippen molar-refractivity contribution in [3.63, 3.8) is 0 Å². The molecule has 2 unspecified atom stereocenters. The topological polar surface area (TPSA) is 72.6 Å². The zero-order valence-electron chi connectivity index (χ0n) is 15.6. The predicted molar refractivity (Wildman–Crippen MR) is 105 cm³/mol. The fourth-order valence-corrected chi connectivity index (χ4v) is 3.58. The normalized spacial score (nSPS) is 19.1. The van der Waals surface area contributed by atoms with E-state index in [9.17, 15) is 9.59 Å². The van der Waals surface area contributed by atoms with E-state index in [1.807, 2.05) is 59.5 Å². The summed E-state index contributed by atoms with van der Waals surface area (Å²) < 4.78 is 5.28. The van der Waals surface area contributed by atoms with Gasteiger partial charge in [0.05, 0.1) is 7.11 Å². The second-order valence-electron chi connectivity index (χ2n) is 6.99. The van der Waals surface area contributed by atoms with Crippen LogP contribution < -0.4 is 10.5 Å². The van der Waals surface area contributed by atoms with E-state index in [4.69, 9.17) is 10.5 Å². The maximum absolute atomic E-state index is 12.5. The van der Waals surface area contributed by atoms with Gasteiger partial charge in [-0.15, -0.1) is 0 Å². The third-order valence-corrected chi connectivity index (χ3v) is 5.13. The van der Waals surface area contributed by atoms with Gasteiger partial charge < -0.3 is 15.4 Å². The first-order valence-corrected chi connectivity index (χ1v) is 9.34. The second kappa shape index (κ2) is 8.82. The number of methoxy groups -OCH3 is 1. The Hall–Kier alpha value is -2.66. The van der Waals surface area contributed by atoms with Crippen LogP contribution in [-0.2, 0) is 4.79 Å². The van der Waals surface area contributed by atoms with E-state index in [2.05, 4.69) is 0 Å². The summed E-state index contributed by atoms with van der Waals surface area (Å²) in [6.07, 6.45) is 1.31. The number of rotatable bonds is 7. The molecule has 0 radical (unpaired) electrons. The average molecular weight is 366 g/mol. The quantitative estimate of drug-likeness (QED) is 0.765. The lowest BCUT2D eigenvalue weighted by atomic mass is 9.95. The van der Waals surface area contributed by atoms with E-state index in [1.54, 1.807) is 7.11 Å². The van der Waals surface area contributed by atoms with E-state index in [1.165, 1.54) is 0 Å². The highest BCUT2D eigenvalue weighted by molar-refractivity contribution is 5.96. The zero-order chi connectivity index (χ0) is 19.2. The van der Waals surface area contributed by atoms with Crippen molar-refractivity contribution in [2.75, 3.05) is 20.2 Å². The molecule has 0 spiro atoms. The summed E-state index contributed by atoms with van der Waals surface area (Å²) in [5.74, 6) is 1.05. The van der Waals surface area contributed by atoms with E-state index in [0.717, 1.165) is 11.3 Å². The Kier molecular flexibility index (Phi) is 6.24. The van der Waals surface area contributed by atoms with Crippen LogP contribution >= 0.6 is 0 Å². The monoisotopic (exact) mass is 366 g/mol. The molecule has 2 N–H and O–H groups in total. The van der Waals surface area contributed by atoms with Gasteiger partial charge >= 0.3 is 0 Å². The fraction of sp³-hybridized carbons (Fsp3) is 0.364. The Morgan fingerprint density at radius 3 is 2.59 bits per heavy atom. The Morgan fingerprint density at radius 1 is 1.07 bits per heavy atom. The molecule has 3 rings (SSSR count). The van der Waals surface area contributed by atoms with Crippen molar-refractivity contribution in [2.24, 2.45) is 5.73 Å². The molecule has 1 saturated heterocycles. The molecule has 1 aliphatic heterocycles. The first-order chi connectivity index (χ1) is 13.1. The van der Waals surface area contributed by atoms with Gasteiger partial charge in [0.15, 0.2) is 5.78 Å². The zero-order valence-corrected chi connectivity index (χ0v) is 15.6. The number of hydrogen-bond donors (Lipinski definition) is 1. The number of benzene rings is 2. The SMILES string of the molecule is COc1cccc(C2CN(C(=O)CCCC(=O)c3ccccc3)CC2N)c1. The molecule has 1 aliphatic rings. The van der Waals surface area contributed by atoms with Crippen LogP contribution in [0.3, 0.4) is 0 Å². The van der Waals surface area contributed by atoms with Crippen molar-refractivity contribution in [2.45, 2.75) is 31.2 Å². The number of nitrogens with two attached hydrogens (primary N) is 1. The lowest BCUT2D eigenvalue weighted by Gasteiger charge is -2.17. The molecule has 0 aliphatic carbocycles. The lowest BCUT2D eigenvalue weighted by molar-refractivity contribution is -0.130. The molecular weight excluding hydrogens is 340 g/mol. The standard InChI is InChI=1S/C22H26N2O3/c1-27-18-10-5-9-17(13-18)19-14-24(15-20(19)23)22(26)12-6-11-21(25)16-7-3-2-4-8-16/h2-5,7-10,13,19-20H,6,11-12,14-15,23H2,1H3. The molecule has 2 atom stereocenters. The number of ether oxygens (including phenoxy) is 1. The van der Waals surface area contributed by atoms with Gasteiger partial charge in [-0.2, -0.15) is 0 Å². The van der Waals surface area contributed by atoms with E-state index in [-0.39, 0.29) is 23.7 Å². The highest BCUT2D eigenvalue weighted by Gasteiger charge is 2.33. The minimum absolute atomic E-state index is 0.0664. The highest BCUT2D eigenvalue weighted by Crippen LogP contribution is 2.29. The number of carbonyl (C=O) groups excluding carboxylic acids is 2. The Balaban J connectivity index is 1.51. The van der Waals surface area contributed by atoms with Crippen molar-refractivity contribution >= 4 is 11.7 Å². The molecule has 5 heteroatoms. The Labute approximate surface area is 160 Å². The fourth-order valence-electron chi connectivity index (χ4n) is 3.58. The Morgan fingerprint density at radius 2 is 1.85 bits per heavy atom. The maximum Gasteiger partial charge on any atom is 0.222 e. The summed E-state index contributed by atoms with van der Waals surface area (Å²) in [5, 5.41) is 0. The summed E-state index contributed by atoms with van der Waals surface area (Å²) in [7, 11) is 1.64. The molecule has 5 nitrogen and oxygen atoms in total. The van der Waals surface area contributed by atoms with Crippen molar-refractivity contribution < 1.29 is 14.3 Å². The number of hydrogen-bond acceptors (Lipinski definition) is 4. The number of likely N-dealkylation sites (tertiary alicyclic amines) is 1. The van der Waals surface area contributed by atoms with E-state index in [0.29, 0.717) is 37.9 Å². The predicted octanol–water partition coefficient (Wildman–Crippen LogP) is 3.00. The largest absolute Gasteiger partial charge is 0.497 e. The van der Waals surface area contributed by atoms with Gasteiger partial charge in [0.25, 0.3) is 0 Å². The van der Waals surface area contributed by atoms with Crippen molar-refractivity contribution in [1.82, 2.24) is 4.90 Å². The number of carbonyl (C=O) groups is 2. The summed E-state index contributed by atoms with van der Waals surface area (Å²) in [6, 6.07) is 17.0. The molecule has 1 heterocycles. The van der Waals surface area contributed by atoms with Crippen LogP contribution in [0.15, 0.2) is 54.6 Å². The maximum atomic E-state index is 12.5. The van der Waals surface area contributed by atoms with Crippen LogP contribution in [-0.4, -0.2) is 42.8 Å². The summed E-state index contributed by atoms with van der Waals surface area (Å²) in [4.78, 5) is 26.5. The molecule has 2 aromatic rings. The molecule has 0 aromatic heterocycles. The van der Waals surface area contributed by atoms with Crippen molar-refractivity contribution in [3.8, 4) is 5.75 Å². The highest BCUT2D eigenvalue weighted by atomic mass is 16.5. The van der Waals surface area contributed by atoms with Crippen molar-refractivity contribution in [1.29, 1.82) is 0 Å². The molecule has 0 bridgehead atoms. The third-order valence-electron chi connectivity index (χ3n) is 5.13. The third kappa shape index (κ3) is 4.74. The van der Waals surface area contributed by atoms with Crippen LogP contribution in [0.4, 0.5) is 0 Å². The molecule has 1 fully saturated rings. The van der Waals surface area contributed by atoms with Crippen LogP contribution in [0.25, 0.3) is 0 Å². The lowest BCUT2D eigenvalue weighted by Crippen LogP contribution is -2.32. The smallest absolute Gasteiger partial charge is 0.222 e. The van der Waals surface area contributed by atoms with Crippen LogP contribution in [0.5, 0.6) is 5.75 Å². The van der Waals surface area contributed by atoms with Crippen molar-refractivity contribution in [3.05, 3.63) is 65.7 Å². The second-order valence-corrected chi connectivity index (χ2v) is 6.99. The summed E-state index contributed by atoms with van der Waals surface area (Å²) in [5.41, 5.74) is 8.09. The minimum Gasteiger partial charge on any atom is -0.497 e. The number of Topliss-reactive ketones (excluding diaryl/α,β-unsaturated/α-hetero) is 1.